The highest BCUT2D eigenvalue weighted by molar-refractivity contribution is 7.91. The van der Waals surface area contributed by atoms with Crippen LogP contribution in [0.15, 0.2) is 83.3 Å². The number of rotatable bonds is 9. The Balaban J connectivity index is 1.20. The zero-order chi connectivity index (χ0) is 28.6. The Kier molecular flexibility index (Phi) is 7.26. The summed E-state index contributed by atoms with van der Waals surface area (Å²) in [5.74, 6) is 0.206. The molecule has 0 fully saturated rings. The zero-order valence-corrected chi connectivity index (χ0v) is 23.3. The van der Waals surface area contributed by atoms with Crippen LogP contribution in [0.1, 0.15) is 34.5 Å². The average Bonchev–Trinajstić information content (AvgIpc) is 3.68. The van der Waals surface area contributed by atoms with Crippen molar-refractivity contribution in [3.8, 4) is 5.75 Å². The van der Waals surface area contributed by atoms with E-state index in [0.717, 1.165) is 28.0 Å². The van der Waals surface area contributed by atoms with Gasteiger partial charge in [0.1, 0.15) is 24.1 Å². The third-order valence-electron chi connectivity index (χ3n) is 6.92. The van der Waals surface area contributed by atoms with Crippen LogP contribution in [0.4, 0.5) is 0 Å². The maximum absolute atomic E-state index is 13.6. The predicted molar refractivity (Wildman–Crippen MR) is 152 cm³/mol. The molecule has 0 unspecified atom stereocenters. The van der Waals surface area contributed by atoms with Crippen LogP contribution in [0.2, 0.25) is 0 Å². The van der Waals surface area contributed by atoms with Gasteiger partial charge in [0.15, 0.2) is 0 Å². The maximum Gasteiger partial charge on any atom is 0.265 e. The Morgan fingerprint density at radius 3 is 2.73 bits per heavy atom. The van der Waals surface area contributed by atoms with E-state index in [4.69, 9.17) is 9.88 Å². The van der Waals surface area contributed by atoms with Crippen LogP contribution in [-0.4, -0.2) is 45.5 Å². The number of nitrogens with one attached hydrogen (secondary N) is 1. The number of aromatic nitrogens is 4. The maximum atomic E-state index is 13.6. The molecule has 0 aliphatic heterocycles. The van der Waals surface area contributed by atoms with Gasteiger partial charge in [0, 0.05) is 12.8 Å². The van der Waals surface area contributed by atoms with Crippen molar-refractivity contribution in [2.45, 2.75) is 42.0 Å². The molecule has 6 rings (SSSR count). The van der Waals surface area contributed by atoms with Crippen molar-refractivity contribution in [3.63, 3.8) is 0 Å². The lowest BCUT2D eigenvalue weighted by atomic mass is 10.0. The van der Waals surface area contributed by atoms with E-state index < -0.39 is 28.2 Å². The van der Waals surface area contributed by atoms with Gasteiger partial charge in [-0.05, 0) is 34.9 Å². The van der Waals surface area contributed by atoms with E-state index >= 15 is 0 Å². The highest BCUT2D eigenvalue weighted by Gasteiger charge is 2.34. The van der Waals surface area contributed by atoms with Crippen molar-refractivity contribution in [3.05, 3.63) is 101 Å². The number of carbonyl (C=O) groups excluding carboxylic acids is 1. The molecule has 1 aliphatic carbocycles. The van der Waals surface area contributed by atoms with Gasteiger partial charge in [-0.25, -0.2) is 23.2 Å². The zero-order valence-electron chi connectivity index (χ0n) is 21.6. The summed E-state index contributed by atoms with van der Waals surface area (Å²) >= 11 is 0.962. The van der Waals surface area contributed by atoms with E-state index in [1.807, 2.05) is 54.6 Å². The Labute approximate surface area is 239 Å². The monoisotopic (exact) mass is 590 g/mol. The summed E-state index contributed by atoms with van der Waals surface area (Å²) in [6, 6.07) is 21.1. The molecular weight excluding hydrogens is 564 g/mol. The lowest BCUT2D eigenvalue weighted by Crippen LogP contribution is -2.39. The van der Waals surface area contributed by atoms with Crippen LogP contribution >= 0.6 is 11.3 Å². The fourth-order valence-electron chi connectivity index (χ4n) is 4.93. The normalized spacial score (nSPS) is 17.3. The molecule has 2 heterocycles. The molecule has 5 aromatic rings. The van der Waals surface area contributed by atoms with Gasteiger partial charge in [-0.3, -0.25) is 4.79 Å². The number of nitrogens with zero attached hydrogens (tertiary/aromatic N) is 4. The SMILES string of the molecule is NS(=O)(=O)c1nc2ccc(OCc3cn([C@@H](Cc4ccccc4)C(=O)N[C@@H]4c5ccccc5C[C@@H]4O)nn3)cc2s1. The van der Waals surface area contributed by atoms with E-state index in [2.05, 4.69) is 20.6 Å². The van der Waals surface area contributed by atoms with E-state index in [1.54, 1.807) is 24.4 Å². The van der Waals surface area contributed by atoms with Gasteiger partial charge < -0.3 is 15.2 Å². The summed E-state index contributed by atoms with van der Waals surface area (Å²) < 4.78 is 31.1. The lowest BCUT2D eigenvalue weighted by Gasteiger charge is -2.23. The van der Waals surface area contributed by atoms with Crippen molar-refractivity contribution >= 4 is 37.5 Å². The molecule has 2 aromatic heterocycles. The lowest BCUT2D eigenvalue weighted by molar-refractivity contribution is -0.126. The van der Waals surface area contributed by atoms with Crippen LogP contribution in [0, 0.1) is 0 Å². The molecule has 210 valence electrons. The minimum atomic E-state index is -3.89. The van der Waals surface area contributed by atoms with Gasteiger partial charge in [-0.1, -0.05) is 59.8 Å². The van der Waals surface area contributed by atoms with E-state index in [-0.39, 0.29) is 16.9 Å². The molecule has 0 saturated heterocycles. The van der Waals surface area contributed by atoms with Gasteiger partial charge in [0.2, 0.25) is 10.2 Å². The number of thiazole rings is 1. The van der Waals surface area contributed by atoms with Crippen molar-refractivity contribution in [1.82, 2.24) is 25.3 Å². The van der Waals surface area contributed by atoms with Gasteiger partial charge in [0.25, 0.3) is 10.0 Å². The number of primary sulfonamides is 1. The number of amides is 1. The van der Waals surface area contributed by atoms with Crippen molar-refractivity contribution in [2.24, 2.45) is 5.14 Å². The summed E-state index contributed by atoms with van der Waals surface area (Å²) in [6.45, 7) is 0.0702. The molecular formula is C28H26N6O5S2. The topological polar surface area (TPSA) is 162 Å². The van der Waals surface area contributed by atoms with E-state index in [9.17, 15) is 18.3 Å². The van der Waals surface area contributed by atoms with Crippen LogP contribution in [0.3, 0.4) is 0 Å². The first kappa shape index (κ1) is 27.0. The highest BCUT2D eigenvalue weighted by Crippen LogP contribution is 2.32. The molecule has 0 radical (unpaired) electrons. The third kappa shape index (κ3) is 5.84. The Hall–Kier alpha value is -4.17. The fraction of sp³-hybridized carbons (Fsp3) is 0.214. The number of nitrogens with two attached hydrogens (primary N) is 1. The molecule has 11 nitrogen and oxygen atoms in total. The van der Waals surface area contributed by atoms with Gasteiger partial charge in [-0.15, -0.1) is 16.4 Å². The van der Waals surface area contributed by atoms with E-state index in [1.165, 1.54) is 4.68 Å². The second-order valence-corrected chi connectivity index (χ2v) is 12.6. The number of hydrogen-bond donors (Lipinski definition) is 3. The van der Waals surface area contributed by atoms with Crippen molar-refractivity contribution in [2.75, 3.05) is 0 Å². The smallest absolute Gasteiger partial charge is 0.265 e. The first-order valence-electron chi connectivity index (χ1n) is 12.8. The minimum Gasteiger partial charge on any atom is -0.487 e. The number of benzene rings is 3. The summed E-state index contributed by atoms with van der Waals surface area (Å²) in [6.07, 6.45) is 1.79. The first-order valence-corrected chi connectivity index (χ1v) is 15.2. The minimum absolute atomic E-state index is 0.0702. The quantitative estimate of drug-likeness (QED) is 0.236. The number of carbonyl (C=O) groups is 1. The molecule has 0 spiro atoms. The van der Waals surface area contributed by atoms with Crippen LogP contribution < -0.4 is 15.2 Å². The second-order valence-electron chi connectivity index (χ2n) is 9.79. The largest absolute Gasteiger partial charge is 0.487 e. The Bertz CT molecular complexity index is 1820. The number of aliphatic hydroxyl groups is 1. The summed E-state index contributed by atoms with van der Waals surface area (Å²) in [7, 11) is -3.89. The number of fused-ring (bicyclic) bond motifs is 2. The molecule has 3 atom stereocenters. The van der Waals surface area contributed by atoms with Gasteiger partial charge in [0.05, 0.1) is 28.6 Å². The summed E-state index contributed by atoms with van der Waals surface area (Å²) in [4.78, 5) is 17.7. The van der Waals surface area contributed by atoms with Crippen molar-refractivity contribution < 1.29 is 23.1 Å². The molecule has 13 heteroatoms. The van der Waals surface area contributed by atoms with Crippen molar-refractivity contribution in [1.29, 1.82) is 0 Å². The van der Waals surface area contributed by atoms with Crippen LogP contribution in [0.25, 0.3) is 10.2 Å². The molecule has 1 aliphatic rings. The molecule has 0 bridgehead atoms. The Morgan fingerprint density at radius 2 is 1.93 bits per heavy atom. The van der Waals surface area contributed by atoms with Gasteiger partial charge in [-0.2, -0.15) is 0 Å². The fourth-order valence-corrected chi connectivity index (χ4v) is 6.61. The molecule has 1 amide bonds. The average molecular weight is 591 g/mol. The number of sulfonamides is 1. The van der Waals surface area contributed by atoms with Gasteiger partial charge >= 0.3 is 0 Å². The van der Waals surface area contributed by atoms with Crippen LogP contribution in [0.5, 0.6) is 5.75 Å². The van der Waals surface area contributed by atoms with E-state index in [0.29, 0.717) is 34.5 Å². The number of aliphatic hydroxyl groups excluding tert-OH is 1. The molecule has 0 saturated carbocycles. The number of hydrogen-bond acceptors (Lipinski definition) is 9. The highest BCUT2D eigenvalue weighted by atomic mass is 32.2. The molecule has 4 N–H and O–H groups in total. The third-order valence-corrected chi connectivity index (χ3v) is 9.26. The first-order chi connectivity index (χ1) is 19.7. The predicted octanol–water partition coefficient (Wildman–Crippen LogP) is 2.67. The second kappa shape index (κ2) is 11.0. The molecule has 3 aromatic carbocycles. The molecule has 41 heavy (non-hydrogen) atoms. The number of ether oxygens (including phenoxy) is 1. The Morgan fingerprint density at radius 1 is 1.15 bits per heavy atom. The van der Waals surface area contributed by atoms with Crippen LogP contribution in [-0.2, 0) is 34.3 Å². The standard InChI is InChI=1S/C28H26N6O5S2/c29-41(37,38)28-30-22-11-10-20(14-25(22)40-28)39-16-19-15-34(33-32-19)23(12-17-6-2-1-3-7-17)27(36)31-26-21-9-5-4-8-18(21)13-24(26)35/h1-11,14-15,23-24,26,35H,12-13,16H2,(H,31,36)(H2,29,37,38)/t23-,24-,26+/m0/s1. The summed E-state index contributed by atoms with van der Waals surface area (Å²) in [5, 5.41) is 27.4. The summed E-state index contributed by atoms with van der Waals surface area (Å²) in [5.41, 5.74) is 3.87.